The van der Waals surface area contributed by atoms with Gasteiger partial charge < -0.3 is 9.64 Å². The van der Waals surface area contributed by atoms with E-state index in [1.807, 2.05) is 47.4 Å². The van der Waals surface area contributed by atoms with E-state index in [9.17, 15) is 9.59 Å². The number of carbonyl (C=O) groups is 1. The van der Waals surface area contributed by atoms with Crippen LogP contribution in [0, 0.1) is 0 Å². The second kappa shape index (κ2) is 9.57. The predicted molar refractivity (Wildman–Crippen MR) is 119 cm³/mol. The van der Waals surface area contributed by atoms with Crippen LogP contribution in [0.25, 0.3) is 11.3 Å². The van der Waals surface area contributed by atoms with E-state index in [1.54, 1.807) is 7.11 Å². The number of hydrogen-bond acceptors (Lipinski definition) is 5. The first-order chi connectivity index (χ1) is 15.1. The number of ether oxygens (including phenoxy) is 1. The zero-order valence-electron chi connectivity index (χ0n) is 17.6. The van der Waals surface area contributed by atoms with Crippen molar-refractivity contribution in [2.24, 2.45) is 0 Å². The van der Waals surface area contributed by atoms with Gasteiger partial charge in [-0.05, 0) is 29.8 Å². The van der Waals surface area contributed by atoms with E-state index in [-0.39, 0.29) is 18.0 Å². The average Bonchev–Trinajstić information content (AvgIpc) is 2.81. The maximum atomic E-state index is 12.7. The van der Waals surface area contributed by atoms with Crippen molar-refractivity contribution < 1.29 is 9.53 Å². The van der Waals surface area contributed by atoms with Gasteiger partial charge >= 0.3 is 0 Å². The highest BCUT2D eigenvalue weighted by Gasteiger charge is 2.21. The van der Waals surface area contributed by atoms with Crippen molar-refractivity contribution >= 4 is 5.91 Å². The number of aromatic nitrogens is 2. The van der Waals surface area contributed by atoms with Crippen LogP contribution < -0.4 is 10.3 Å². The SMILES string of the molecule is COc1ccc(-c2cc(=O)n(CC(=O)N3CCN(Cc4ccccc4)CC3)cn2)cc1. The highest BCUT2D eigenvalue weighted by atomic mass is 16.5. The standard InChI is InChI=1S/C24H26N4O3/c1-31-21-9-7-20(8-10-21)22-15-23(29)28(18-25-22)17-24(30)27-13-11-26(12-14-27)16-19-5-3-2-4-6-19/h2-10,15,18H,11-14,16-17H2,1H3. The van der Waals surface area contributed by atoms with E-state index in [4.69, 9.17) is 4.74 Å². The van der Waals surface area contributed by atoms with E-state index in [0.717, 1.165) is 30.9 Å². The molecule has 1 aromatic heterocycles. The molecule has 1 amide bonds. The Hall–Kier alpha value is -3.45. The molecule has 0 radical (unpaired) electrons. The second-order valence-corrected chi connectivity index (χ2v) is 7.61. The first kappa shape index (κ1) is 20.8. The van der Waals surface area contributed by atoms with Crippen LogP contribution in [0.1, 0.15) is 5.56 Å². The van der Waals surface area contributed by atoms with E-state index in [1.165, 1.54) is 22.5 Å². The zero-order chi connectivity index (χ0) is 21.6. The lowest BCUT2D eigenvalue weighted by atomic mass is 10.1. The summed E-state index contributed by atoms with van der Waals surface area (Å²) in [7, 11) is 1.61. The minimum Gasteiger partial charge on any atom is -0.497 e. The molecule has 0 saturated carbocycles. The van der Waals surface area contributed by atoms with Crippen molar-refractivity contribution in [1.29, 1.82) is 0 Å². The summed E-state index contributed by atoms with van der Waals surface area (Å²) in [6, 6.07) is 19.1. The fourth-order valence-corrected chi connectivity index (χ4v) is 3.71. The van der Waals surface area contributed by atoms with E-state index < -0.39 is 0 Å². The van der Waals surface area contributed by atoms with Crippen molar-refractivity contribution in [2.75, 3.05) is 33.3 Å². The van der Waals surface area contributed by atoms with Crippen LogP contribution in [0.15, 0.2) is 71.8 Å². The Labute approximate surface area is 181 Å². The van der Waals surface area contributed by atoms with Crippen molar-refractivity contribution in [2.45, 2.75) is 13.1 Å². The van der Waals surface area contributed by atoms with Gasteiger partial charge in [0, 0.05) is 44.4 Å². The molecule has 0 N–H and O–H groups in total. The molecule has 1 saturated heterocycles. The number of methoxy groups -OCH3 is 1. The van der Waals surface area contributed by atoms with Gasteiger partial charge in [0.25, 0.3) is 5.56 Å². The summed E-state index contributed by atoms with van der Waals surface area (Å²) in [5.74, 6) is 0.687. The Morgan fingerprint density at radius 3 is 2.35 bits per heavy atom. The van der Waals surface area contributed by atoms with Crippen molar-refractivity contribution in [1.82, 2.24) is 19.4 Å². The average molecular weight is 418 g/mol. The molecule has 1 aliphatic rings. The summed E-state index contributed by atoms with van der Waals surface area (Å²) >= 11 is 0. The Balaban J connectivity index is 1.34. The largest absolute Gasteiger partial charge is 0.497 e. The smallest absolute Gasteiger partial charge is 0.254 e. The Morgan fingerprint density at radius 2 is 1.71 bits per heavy atom. The summed E-state index contributed by atoms with van der Waals surface area (Å²) in [5.41, 5.74) is 2.44. The van der Waals surface area contributed by atoms with Gasteiger partial charge in [0.2, 0.25) is 5.91 Å². The molecule has 0 atom stereocenters. The third kappa shape index (κ3) is 5.19. The molecule has 0 aliphatic carbocycles. The normalized spacial score (nSPS) is 14.4. The summed E-state index contributed by atoms with van der Waals surface area (Å²) in [6.45, 7) is 3.87. The maximum absolute atomic E-state index is 12.7. The molecule has 2 heterocycles. The van der Waals surface area contributed by atoms with Crippen LogP contribution >= 0.6 is 0 Å². The van der Waals surface area contributed by atoms with Crippen LogP contribution in [0.4, 0.5) is 0 Å². The molecule has 160 valence electrons. The number of benzene rings is 2. The van der Waals surface area contributed by atoms with Crippen LogP contribution in [-0.2, 0) is 17.9 Å². The third-order valence-electron chi connectivity index (χ3n) is 5.54. The molecule has 3 aromatic rings. The van der Waals surface area contributed by atoms with Crippen LogP contribution in [0.5, 0.6) is 5.75 Å². The first-order valence-corrected chi connectivity index (χ1v) is 10.4. The van der Waals surface area contributed by atoms with Gasteiger partial charge in [-0.2, -0.15) is 0 Å². The number of nitrogens with zero attached hydrogens (tertiary/aromatic N) is 4. The number of amides is 1. The lowest BCUT2D eigenvalue weighted by molar-refractivity contribution is -0.133. The molecule has 7 nitrogen and oxygen atoms in total. The molecule has 1 aliphatic heterocycles. The monoisotopic (exact) mass is 418 g/mol. The minimum atomic E-state index is -0.239. The molecule has 0 bridgehead atoms. The number of piperazine rings is 1. The van der Waals surface area contributed by atoms with Crippen molar-refractivity contribution in [3.8, 4) is 17.0 Å². The van der Waals surface area contributed by atoms with E-state index in [0.29, 0.717) is 18.8 Å². The zero-order valence-corrected chi connectivity index (χ0v) is 17.6. The van der Waals surface area contributed by atoms with Gasteiger partial charge in [-0.1, -0.05) is 30.3 Å². The van der Waals surface area contributed by atoms with Crippen LogP contribution in [-0.4, -0.2) is 58.5 Å². The fourth-order valence-electron chi connectivity index (χ4n) is 3.71. The van der Waals surface area contributed by atoms with E-state index in [2.05, 4.69) is 22.0 Å². The first-order valence-electron chi connectivity index (χ1n) is 10.4. The van der Waals surface area contributed by atoms with Crippen molar-refractivity contribution in [3.05, 3.63) is 82.9 Å². The second-order valence-electron chi connectivity index (χ2n) is 7.61. The third-order valence-corrected chi connectivity index (χ3v) is 5.54. The lowest BCUT2D eigenvalue weighted by Crippen LogP contribution is -2.49. The summed E-state index contributed by atoms with van der Waals surface area (Å²) < 4.78 is 6.52. The van der Waals surface area contributed by atoms with Crippen molar-refractivity contribution in [3.63, 3.8) is 0 Å². The van der Waals surface area contributed by atoms with Gasteiger partial charge in [-0.15, -0.1) is 0 Å². The van der Waals surface area contributed by atoms with E-state index >= 15 is 0 Å². The Bertz CT molecular complexity index is 1070. The highest BCUT2D eigenvalue weighted by Crippen LogP contribution is 2.19. The molecule has 0 unspecified atom stereocenters. The molecule has 7 heteroatoms. The van der Waals surface area contributed by atoms with Gasteiger partial charge in [0.1, 0.15) is 12.3 Å². The predicted octanol–water partition coefficient (Wildman–Crippen LogP) is 2.26. The number of carbonyl (C=O) groups excluding carboxylic acids is 1. The minimum absolute atomic E-state index is 0.00735. The highest BCUT2D eigenvalue weighted by molar-refractivity contribution is 5.76. The van der Waals surface area contributed by atoms with Gasteiger partial charge in [0.05, 0.1) is 19.1 Å². The molecule has 4 rings (SSSR count). The molecule has 2 aromatic carbocycles. The Morgan fingerprint density at radius 1 is 1.00 bits per heavy atom. The summed E-state index contributed by atoms with van der Waals surface area (Å²) in [6.07, 6.45) is 1.45. The van der Waals surface area contributed by atoms with Gasteiger partial charge in [-0.3, -0.25) is 19.1 Å². The number of hydrogen-bond donors (Lipinski definition) is 0. The summed E-state index contributed by atoms with van der Waals surface area (Å²) in [4.78, 5) is 33.8. The number of rotatable bonds is 6. The maximum Gasteiger partial charge on any atom is 0.254 e. The van der Waals surface area contributed by atoms with Gasteiger partial charge in [-0.25, -0.2) is 4.98 Å². The van der Waals surface area contributed by atoms with Crippen LogP contribution in [0.3, 0.4) is 0 Å². The molecular formula is C24H26N4O3. The molecular weight excluding hydrogens is 392 g/mol. The fraction of sp³-hybridized carbons (Fsp3) is 0.292. The molecule has 0 spiro atoms. The summed E-state index contributed by atoms with van der Waals surface area (Å²) in [5, 5.41) is 0. The molecule has 1 fully saturated rings. The van der Waals surface area contributed by atoms with Crippen LogP contribution in [0.2, 0.25) is 0 Å². The Kier molecular flexibility index (Phi) is 6.43. The van der Waals surface area contributed by atoms with Gasteiger partial charge in [0.15, 0.2) is 0 Å². The quantitative estimate of drug-likeness (QED) is 0.614. The topological polar surface area (TPSA) is 67.7 Å². The lowest BCUT2D eigenvalue weighted by Gasteiger charge is -2.34. The molecule has 31 heavy (non-hydrogen) atoms.